The third-order valence-corrected chi connectivity index (χ3v) is 4.33. The minimum Gasteiger partial charge on any atom is -0.384 e. The van der Waals surface area contributed by atoms with Crippen LogP contribution in [-0.2, 0) is 24.0 Å². The highest BCUT2D eigenvalue weighted by atomic mass is 16.5. The van der Waals surface area contributed by atoms with E-state index >= 15 is 0 Å². The molecule has 1 aliphatic rings. The van der Waals surface area contributed by atoms with E-state index in [9.17, 15) is 5.11 Å². The first-order valence-corrected chi connectivity index (χ1v) is 7.65. The predicted molar refractivity (Wildman–Crippen MR) is 84.6 cm³/mol. The molecule has 1 aliphatic carbocycles. The largest absolute Gasteiger partial charge is 0.384 e. The molecule has 21 heavy (non-hydrogen) atoms. The zero-order valence-electron chi connectivity index (χ0n) is 12.5. The monoisotopic (exact) mass is 282 g/mol. The maximum Gasteiger partial charge on any atom is 0.104 e. The minimum atomic E-state index is -0.535. The zero-order chi connectivity index (χ0) is 14.7. The van der Waals surface area contributed by atoms with Crippen molar-refractivity contribution in [2.24, 2.45) is 0 Å². The van der Waals surface area contributed by atoms with Crippen molar-refractivity contribution in [2.45, 2.75) is 31.8 Å². The Kier molecular flexibility index (Phi) is 4.37. The van der Waals surface area contributed by atoms with Gasteiger partial charge in [0.05, 0.1) is 6.61 Å². The van der Waals surface area contributed by atoms with E-state index in [4.69, 9.17) is 4.74 Å². The van der Waals surface area contributed by atoms with Crippen molar-refractivity contribution in [2.75, 3.05) is 13.7 Å². The summed E-state index contributed by atoms with van der Waals surface area (Å²) >= 11 is 0. The summed E-state index contributed by atoms with van der Waals surface area (Å²) in [7, 11) is 1.71. The Bertz CT molecular complexity index is 601. The molecule has 1 N–H and O–H groups in total. The standard InChI is InChI=1S/C19H22O2/c1-21-12-11-14-5-7-16(8-6-14)19(20)18-10-9-15-3-2-4-17(15)13-18/h5-10,13,19-20H,2-4,11-12H2,1H3. The molecule has 0 radical (unpaired) electrons. The second kappa shape index (κ2) is 6.42. The number of aliphatic hydroxyl groups is 1. The summed E-state index contributed by atoms with van der Waals surface area (Å²) in [6, 6.07) is 14.6. The van der Waals surface area contributed by atoms with Crippen molar-refractivity contribution < 1.29 is 9.84 Å². The van der Waals surface area contributed by atoms with Gasteiger partial charge in [-0.05, 0) is 53.5 Å². The number of aliphatic hydroxyl groups excluding tert-OH is 1. The van der Waals surface area contributed by atoms with Gasteiger partial charge in [0.2, 0.25) is 0 Å². The van der Waals surface area contributed by atoms with Crippen LogP contribution >= 0.6 is 0 Å². The van der Waals surface area contributed by atoms with Gasteiger partial charge in [-0.15, -0.1) is 0 Å². The van der Waals surface area contributed by atoms with E-state index in [0.29, 0.717) is 0 Å². The lowest BCUT2D eigenvalue weighted by Crippen LogP contribution is -2.01. The molecule has 3 rings (SSSR count). The lowest BCUT2D eigenvalue weighted by atomic mass is 9.97. The van der Waals surface area contributed by atoms with Gasteiger partial charge < -0.3 is 9.84 Å². The lowest BCUT2D eigenvalue weighted by Gasteiger charge is -2.14. The van der Waals surface area contributed by atoms with Crippen LogP contribution < -0.4 is 0 Å². The van der Waals surface area contributed by atoms with E-state index in [1.54, 1.807) is 7.11 Å². The summed E-state index contributed by atoms with van der Waals surface area (Å²) in [6.45, 7) is 0.729. The third-order valence-electron chi connectivity index (χ3n) is 4.33. The number of benzene rings is 2. The normalized spacial score (nSPS) is 15.0. The van der Waals surface area contributed by atoms with E-state index in [0.717, 1.165) is 30.6 Å². The second-order valence-electron chi connectivity index (χ2n) is 5.77. The highest BCUT2D eigenvalue weighted by Crippen LogP contribution is 2.28. The fraction of sp³-hybridized carbons (Fsp3) is 0.368. The van der Waals surface area contributed by atoms with Crippen molar-refractivity contribution in [1.29, 1.82) is 0 Å². The molecule has 0 amide bonds. The Morgan fingerprint density at radius 3 is 2.48 bits per heavy atom. The van der Waals surface area contributed by atoms with Crippen molar-refractivity contribution in [3.63, 3.8) is 0 Å². The molecule has 0 spiro atoms. The molecule has 2 aromatic rings. The van der Waals surface area contributed by atoms with E-state index in [2.05, 4.69) is 30.3 Å². The van der Waals surface area contributed by atoms with Crippen LogP contribution in [-0.4, -0.2) is 18.8 Å². The Balaban J connectivity index is 1.76. The van der Waals surface area contributed by atoms with E-state index < -0.39 is 6.10 Å². The van der Waals surface area contributed by atoms with Crippen LogP contribution in [0.4, 0.5) is 0 Å². The summed E-state index contributed by atoms with van der Waals surface area (Å²) in [5.41, 5.74) is 6.04. The smallest absolute Gasteiger partial charge is 0.104 e. The van der Waals surface area contributed by atoms with Crippen LogP contribution in [0.5, 0.6) is 0 Å². The van der Waals surface area contributed by atoms with Gasteiger partial charge in [-0.25, -0.2) is 0 Å². The molecule has 110 valence electrons. The number of ether oxygens (including phenoxy) is 1. The highest BCUT2D eigenvalue weighted by molar-refractivity contribution is 5.39. The second-order valence-corrected chi connectivity index (χ2v) is 5.77. The van der Waals surface area contributed by atoms with Gasteiger partial charge in [-0.2, -0.15) is 0 Å². The summed E-state index contributed by atoms with van der Waals surface area (Å²) in [6.07, 6.45) is 3.94. The van der Waals surface area contributed by atoms with Gasteiger partial charge in [0, 0.05) is 7.11 Å². The fourth-order valence-corrected chi connectivity index (χ4v) is 3.04. The lowest BCUT2D eigenvalue weighted by molar-refractivity contribution is 0.202. The number of rotatable bonds is 5. The molecule has 0 aliphatic heterocycles. The van der Waals surface area contributed by atoms with Crippen LogP contribution in [0, 0.1) is 0 Å². The molecule has 0 heterocycles. The van der Waals surface area contributed by atoms with E-state index in [1.165, 1.54) is 29.5 Å². The van der Waals surface area contributed by atoms with Gasteiger partial charge in [-0.3, -0.25) is 0 Å². The Morgan fingerprint density at radius 2 is 1.71 bits per heavy atom. The van der Waals surface area contributed by atoms with Gasteiger partial charge in [-0.1, -0.05) is 42.5 Å². The van der Waals surface area contributed by atoms with Crippen molar-refractivity contribution >= 4 is 0 Å². The topological polar surface area (TPSA) is 29.5 Å². The quantitative estimate of drug-likeness (QED) is 0.910. The van der Waals surface area contributed by atoms with Crippen LogP contribution in [0.1, 0.15) is 40.3 Å². The molecule has 0 saturated heterocycles. The van der Waals surface area contributed by atoms with Crippen molar-refractivity contribution in [3.8, 4) is 0 Å². The molecule has 0 fully saturated rings. The maximum absolute atomic E-state index is 10.6. The van der Waals surface area contributed by atoms with Crippen molar-refractivity contribution in [1.82, 2.24) is 0 Å². The molecular formula is C19H22O2. The molecule has 1 atom stereocenters. The maximum atomic E-state index is 10.6. The van der Waals surface area contributed by atoms with Crippen LogP contribution in [0.15, 0.2) is 42.5 Å². The number of hydrogen-bond donors (Lipinski definition) is 1. The van der Waals surface area contributed by atoms with Crippen LogP contribution in [0.3, 0.4) is 0 Å². The molecule has 0 bridgehead atoms. The average molecular weight is 282 g/mol. The zero-order valence-corrected chi connectivity index (χ0v) is 12.5. The minimum absolute atomic E-state index is 0.535. The Morgan fingerprint density at radius 1 is 1.00 bits per heavy atom. The van der Waals surface area contributed by atoms with Gasteiger partial charge >= 0.3 is 0 Å². The number of hydrogen-bond acceptors (Lipinski definition) is 2. The van der Waals surface area contributed by atoms with Crippen LogP contribution in [0.25, 0.3) is 0 Å². The average Bonchev–Trinajstić information content (AvgIpc) is 3.00. The molecule has 2 heteroatoms. The van der Waals surface area contributed by atoms with E-state index in [1.807, 2.05) is 12.1 Å². The Hall–Kier alpha value is -1.64. The number of fused-ring (bicyclic) bond motifs is 1. The van der Waals surface area contributed by atoms with Crippen molar-refractivity contribution in [3.05, 3.63) is 70.3 Å². The Labute approximate surface area is 126 Å². The molecule has 2 nitrogen and oxygen atoms in total. The number of aryl methyl sites for hydroxylation is 2. The molecule has 2 aromatic carbocycles. The van der Waals surface area contributed by atoms with Crippen LogP contribution in [0.2, 0.25) is 0 Å². The summed E-state index contributed by atoms with van der Waals surface area (Å²) in [4.78, 5) is 0. The van der Waals surface area contributed by atoms with Gasteiger partial charge in [0.25, 0.3) is 0 Å². The number of methoxy groups -OCH3 is 1. The first kappa shape index (κ1) is 14.3. The summed E-state index contributed by atoms with van der Waals surface area (Å²) in [5.74, 6) is 0. The predicted octanol–water partition coefficient (Wildman–Crippen LogP) is 3.45. The first-order valence-electron chi connectivity index (χ1n) is 7.65. The third kappa shape index (κ3) is 3.17. The summed E-state index contributed by atoms with van der Waals surface area (Å²) in [5, 5.41) is 10.6. The molecule has 0 saturated carbocycles. The SMILES string of the molecule is COCCc1ccc(C(O)c2ccc3c(c2)CCC3)cc1. The molecule has 1 unspecified atom stereocenters. The summed E-state index contributed by atoms with van der Waals surface area (Å²) < 4.78 is 5.09. The van der Waals surface area contributed by atoms with Gasteiger partial charge in [0.1, 0.15) is 6.10 Å². The van der Waals surface area contributed by atoms with Gasteiger partial charge in [0.15, 0.2) is 0 Å². The fourth-order valence-electron chi connectivity index (χ4n) is 3.04. The molecule has 0 aromatic heterocycles. The van der Waals surface area contributed by atoms with E-state index in [-0.39, 0.29) is 0 Å². The molecular weight excluding hydrogens is 260 g/mol. The highest BCUT2D eigenvalue weighted by Gasteiger charge is 2.15. The first-order chi connectivity index (χ1) is 10.3.